The number of thioether (sulfide) groups is 1. The minimum atomic E-state index is 0.0988. The van der Waals surface area contributed by atoms with Crippen molar-refractivity contribution in [1.82, 2.24) is 0 Å². The van der Waals surface area contributed by atoms with Crippen molar-refractivity contribution < 1.29 is 9.53 Å². The molecule has 4 heteroatoms. The van der Waals surface area contributed by atoms with Crippen LogP contribution in [0.3, 0.4) is 0 Å². The van der Waals surface area contributed by atoms with Crippen LogP contribution in [0.2, 0.25) is 0 Å². The van der Waals surface area contributed by atoms with Gasteiger partial charge in [0.25, 0.3) is 0 Å². The molecule has 1 N–H and O–H groups in total. The molecule has 0 unspecified atom stereocenters. The first-order chi connectivity index (χ1) is 8.29. The molecule has 3 nitrogen and oxygen atoms in total. The number of ether oxygens (including phenoxy) is 1. The van der Waals surface area contributed by atoms with Crippen LogP contribution in [0.1, 0.15) is 12.8 Å². The van der Waals surface area contributed by atoms with Crippen molar-refractivity contribution in [2.75, 3.05) is 24.8 Å². The van der Waals surface area contributed by atoms with Crippen molar-refractivity contribution >= 4 is 23.4 Å². The molecule has 1 aliphatic rings. The third-order valence-corrected chi connectivity index (χ3v) is 3.65. The van der Waals surface area contributed by atoms with Gasteiger partial charge in [-0.15, -0.1) is 11.8 Å². The van der Waals surface area contributed by atoms with Gasteiger partial charge < -0.3 is 10.1 Å². The molecule has 1 saturated heterocycles. The molecule has 0 saturated carbocycles. The number of rotatable bonds is 3. The van der Waals surface area contributed by atoms with Gasteiger partial charge in [0.2, 0.25) is 5.91 Å². The first kappa shape index (κ1) is 12.5. The molecule has 0 bridgehead atoms. The van der Waals surface area contributed by atoms with Crippen LogP contribution in [-0.4, -0.2) is 25.4 Å². The average molecular weight is 251 g/mol. The minimum Gasteiger partial charge on any atom is -0.381 e. The first-order valence-corrected chi connectivity index (χ1v) is 7.05. The van der Waals surface area contributed by atoms with Crippen LogP contribution in [0.5, 0.6) is 0 Å². The predicted molar refractivity (Wildman–Crippen MR) is 70.4 cm³/mol. The molecule has 0 aromatic heterocycles. The number of carbonyl (C=O) groups is 1. The summed E-state index contributed by atoms with van der Waals surface area (Å²) in [5.74, 6) is 0.216. The summed E-state index contributed by atoms with van der Waals surface area (Å²) in [6, 6.07) is 7.93. The zero-order valence-electron chi connectivity index (χ0n) is 9.94. The molecular formula is C13H17NO2S. The zero-order valence-corrected chi connectivity index (χ0v) is 10.8. The summed E-state index contributed by atoms with van der Waals surface area (Å²) in [4.78, 5) is 13.2. The fraction of sp³-hybridized carbons (Fsp3) is 0.462. The normalized spacial score (nSPS) is 16.8. The number of nitrogens with one attached hydrogen (secondary N) is 1. The number of amides is 1. The van der Waals surface area contributed by atoms with Gasteiger partial charge in [0.1, 0.15) is 0 Å². The zero-order chi connectivity index (χ0) is 12.1. The first-order valence-electron chi connectivity index (χ1n) is 5.82. The quantitative estimate of drug-likeness (QED) is 0.839. The van der Waals surface area contributed by atoms with Gasteiger partial charge in [0, 0.05) is 29.7 Å². The predicted octanol–water partition coefficient (Wildman–Crippen LogP) is 2.77. The number of benzene rings is 1. The minimum absolute atomic E-state index is 0.0988. The number of hydrogen-bond donors (Lipinski definition) is 1. The molecule has 92 valence electrons. The van der Waals surface area contributed by atoms with Gasteiger partial charge in [-0.05, 0) is 37.3 Å². The van der Waals surface area contributed by atoms with Crippen molar-refractivity contribution in [3.05, 3.63) is 24.3 Å². The lowest BCUT2D eigenvalue weighted by Gasteiger charge is -2.21. The largest absolute Gasteiger partial charge is 0.381 e. The van der Waals surface area contributed by atoms with Gasteiger partial charge in [0.15, 0.2) is 0 Å². The van der Waals surface area contributed by atoms with Crippen LogP contribution >= 0.6 is 11.8 Å². The van der Waals surface area contributed by atoms with E-state index in [4.69, 9.17) is 4.74 Å². The van der Waals surface area contributed by atoms with E-state index in [2.05, 4.69) is 5.32 Å². The average Bonchev–Trinajstić information content (AvgIpc) is 2.40. The Balaban J connectivity index is 1.96. The molecule has 1 aromatic carbocycles. The summed E-state index contributed by atoms with van der Waals surface area (Å²) in [5.41, 5.74) is 0.883. The molecule has 0 atom stereocenters. The molecular weight excluding hydrogens is 234 g/mol. The van der Waals surface area contributed by atoms with Gasteiger partial charge in [-0.1, -0.05) is 6.07 Å². The maximum atomic E-state index is 12.0. The Kier molecular flexibility index (Phi) is 4.45. The van der Waals surface area contributed by atoms with Crippen molar-refractivity contribution in [2.45, 2.75) is 17.7 Å². The Labute approximate surface area is 106 Å². The van der Waals surface area contributed by atoms with Gasteiger partial charge >= 0.3 is 0 Å². The smallest absolute Gasteiger partial charge is 0.227 e. The summed E-state index contributed by atoms with van der Waals surface area (Å²) in [7, 11) is 0. The van der Waals surface area contributed by atoms with Crippen LogP contribution < -0.4 is 5.32 Å². The molecule has 2 rings (SSSR count). The maximum absolute atomic E-state index is 12.0. The van der Waals surface area contributed by atoms with Crippen molar-refractivity contribution in [1.29, 1.82) is 0 Å². The number of carbonyl (C=O) groups excluding carboxylic acids is 1. The Morgan fingerprint density at radius 3 is 2.88 bits per heavy atom. The van der Waals surface area contributed by atoms with E-state index < -0.39 is 0 Å². The van der Waals surface area contributed by atoms with E-state index in [1.165, 1.54) is 0 Å². The van der Waals surface area contributed by atoms with E-state index in [1.54, 1.807) is 11.8 Å². The third kappa shape index (κ3) is 3.48. The molecule has 0 radical (unpaired) electrons. The Morgan fingerprint density at radius 1 is 1.41 bits per heavy atom. The maximum Gasteiger partial charge on any atom is 0.227 e. The number of hydrogen-bond acceptors (Lipinski definition) is 3. The van der Waals surface area contributed by atoms with E-state index >= 15 is 0 Å². The van der Waals surface area contributed by atoms with Crippen molar-refractivity contribution in [3.8, 4) is 0 Å². The van der Waals surface area contributed by atoms with E-state index in [0.29, 0.717) is 13.2 Å². The monoisotopic (exact) mass is 251 g/mol. The molecule has 1 amide bonds. The molecule has 17 heavy (non-hydrogen) atoms. The summed E-state index contributed by atoms with van der Waals surface area (Å²) >= 11 is 1.67. The van der Waals surface area contributed by atoms with E-state index in [9.17, 15) is 4.79 Å². The van der Waals surface area contributed by atoms with E-state index in [0.717, 1.165) is 23.4 Å². The highest BCUT2D eigenvalue weighted by Crippen LogP contribution is 2.21. The highest BCUT2D eigenvalue weighted by Gasteiger charge is 2.21. The van der Waals surface area contributed by atoms with Crippen LogP contribution in [0.25, 0.3) is 0 Å². The van der Waals surface area contributed by atoms with Crippen LogP contribution in [0.4, 0.5) is 5.69 Å². The molecule has 1 aliphatic heterocycles. The molecule has 1 fully saturated rings. The number of anilines is 1. The highest BCUT2D eigenvalue weighted by molar-refractivity contribution is 7.98. The van der Waals surface area contributed by atoms with Crippen LogP contribution in [-0.2, 0) is 9.53 Å². The van der Waals surface area contributed by atoms with E-state index in [-0.39, 0.29) is 11.8 Å². The fourth-order valence-corrected chi connectivity index (χ4v) is 2.36. The Hall–Kier alpha value is -1.00. The van der Waals surface area contributed by atoms with Gasteiger partial charge in [-0.25, -0.2) is 0 Å². The summed E-state index contributed by atoms with van der Waals surface area (Å²) in [6.45, 7) is 1.39. The van der Waals surface area contributed by atoms with Gasteiger partial charge in [0.05, 0.1) is 0 Å². The van der Waals surface area contributed by atoms with Crippen LogP contribution in [0.15, 0.2) is 29.2 Å². The lowest BCUT2D eigenvalue weighted by molar-refractivity contribution is -0.122. The van der Waals surface area contributed by atoms with E-state index in [1.807, 2.05) is 30.5 Å². The lowest BCUT2D eigenvalue weighted by Crippen LogP contribution is -2.28. The third-order valence-electron chi connectivity index (χ3n) is 2.93. The molecule has 1 aromatic rings. The SMILES string of the molecule is CSc1cccc(NC(=O)C2CCOCC2)c1. The highest BCUT2D eigenvalue weighted by atomic mass is 32.2. The summed E-state index contributed by atoms with van der Waals surface area (Å²) in [5, 5.41) is 2.98. The van der Waals surface area contributed by atoms with Crippen LogP contribution in [0, 0.1) is 5.92 Å². The fourth-order valence-electron chi connectivity index (χ4n) is 1.90. The Morgan fingerprint density at radius 2 is 2.18 bits per heavy atom. The molecule has 0 aliphatic carbocycles. The second kappa shape index (κ2) is 6.07. The molecule has 0 spiro atoms. The second-order valence-electron chi connectivity index (χ2n) is 4.11. The molecule has 1 heterocycles. The van der Waals surface area contributed by atoms with Gasteiger partial charge in [-0.3, -0.25) is 4.79 Å². The van der Waals surface area contributed by atoms with Crippen molar-refractivity contribution in [2.24, 2.45) is 5.92 Å². The Bertz CT molecular complexity index is 389. The second-order valence-corrected chi connectivity index (χ2v) is 4.99. The summed E-state index contributed by atoms with van der Waals surface area (Å²) < 4.78 is 5.25. The van der Waals surface area contributed by atoms with Crippen molar-refractivity contribution in [3.63, 3.8) is 0 Å². The lowest BCUT2D eigenvalue weighted by atomic mass is 9.99. The summed E-state index contributed by atoms with van der Waals surface area (Å²) in [6.07, 6.45) is 3.68. The standard InChI is InChI=1S/C13H17NO2S/c1-17-12-4-2-3-11(9-12)14-13(15)10-5-7-16-8-6-10/h2-4,9-10H,5-8H2,1H3,(H,14,15). The topological polar surface area (TPSA) is 38.3 Å². The van der Waals surface area contributed by atoms with Gasteiger partial charge in [-0.2, -0.15) is 0 Å².